The molecule has 0 amide bonds. The van der Waals surface area contributed by atoms with E-state index < -0.39 is 24.4 Å². The van der Waals surface area contributed by atoms with E-state index in [1.807, 2.05) is 18.7 Å². The Morgan fingerprint density at radius 1 is 1.06 bits per heavy atom. The largest absolute Gasteiger partial charge is 0.393 e. The summed E-state index contributed by atoms with van der Waals surface area (Å²) in [5.74, 6) is 0. The molecule has 5 nitrogen and oxygen atoms in total. The highest BCUT2D eigenvalue weighted by Crippen LogP contribution is 2.36. The Hall–Kier alpha value is -0.200. The summed E-state index contributed by atoms with van der Waals surface area (Å²) in [6.07, 6.45) is -2.39. The third kappa shape index (κ3) is 1.87. The van der Waals surface area contributed by atoms with Crippen LogP contribution >= 0.6 is 0 Å². The van der Waals surface area contributed by atoms with Crippen molar-refractivity contribution in [3.63, 3.8) is 0 Å². The first kappa shape index (κ1) is 12.3. The van der Waals surface area contributed by atoms with Crippen LogP contribution in [0.1, 0.15) is 26.7 Å². The van der Waals surface area contributed by atoms with Gasteiger partial charge in [-0.05, 0) is 26.7 Å². The lowest BCUT2D eigenvalue weighted by atomic mass is 9.78. The number of aliphatic hydroxyl groups excluding tert-OH is 4. The second-order valence-electron chi connectivity index (χ2n) is 5.67. The molecule has 2 heterocycles. The number of hydrogen-bond acceptors (Lipinski definition) is 5. The lowest BCUT2D eigenvalue weighted by Gasteiger charge is -2.55. The molecule has 2 saturated heterocycles. The second kappa shape index (κ2) is 3.92. The molecule has 0 aromatic heterocycles. The quantitative estimate of drug-likeness (QED) is 0.416. The van der Waals surface area contributed by atoms with Crippen LogP contribution in [0.5, 0.6) is 0 Å². The molecule has 2 aliphatic heterocycles. The lowest BCUT2D eigenvalue weighted by molar-refractivity contribution is -0.183. The van der Waals surface area contributed by atoms with Crippen LogP contribution in [0.3, 0.4) is 0 Å². The van der Waals surface area contributed by atoms with Crippen LogP contribution in [0.25, 0.3) is 0 Å². The third-order valence-electron chi connectivity index (χ3n) is 3.95. The van der Waals surface area contributed by atoms with E-state index in [1.165, 1.54) is 0 Å². The molecule has 5 heteroatoms. The summed E-state index contributed by atoms with van der Waals surface area (Å²) >= 11 is 0. The van der Waals surface area contributed by atoms with Crippen molar-refractivity contribution >= 4 is 0 Å². The minimum Gasteiger partial charge on any atom is -0.393 e. The van der Waals surface area contributed by atoms with Crippen molar-refractivity contribution in [3.8, 4) is 0 Å². The summed E-state index contributed by atoms with van der Waals surface area (Å²) in [4.78, 5) is 2.00. The van der Waals surface area contributed by atoms with E-state index in [2.05, 4.69) is 0 Å². The topological polar surface area (TPSA) is 84.2 Å². The van der Waals surface area contributed by atoms with Crippen molar-refractivity contribution in [3.05, 3.63) is 0 Å². The zero-order valence-corrected chi connectivity index (χ0v) is 9.74. The molecular weight excluding hydrogens is 210 g/mol. The molecule has 2 aliphatic rings. The molecule has 0 spiro atoms. The van der Waals surface area contributed by atoms with Crippen LogP contribution in [0.15, 0.2) is 0 Å². The van der Waals surface area contributed by atoms with Gasteiger partial charge in [-0.15, -0.1) is 0 Å². The van der Waals surface area contributed by atoms with E-state index in [4.69, 9.17) is 0 Å². The molecule has 0 saturated carbocycles. The van der Waals surface area contributed by atoms with Crippen LogP contribution in [-0.2, 0) is 0 Å². The molecule has 4 N–H and O–H groups in total. The Labute approximate surface area is 95.3 Å². The first-order valence-corrected chi connectivity index (χ1v) is 5.82. The van der Waals surface area contributed by atoms with Gasteiger partial charge in [-0.25, -0.2) is 0 Å². The second-order valence-corrected chi connectivity index (χ2v) is 5.67. The fraction of sp³-hybridized carbons (Fsp3) is 1.00. The van der Waals surface area contributed by atoms with E-state index in [0.29, 0.717) is 19.4 Å². The molecule has 0 unspecified atom stereocenters. The van der Waals surface area contributed by atoms with Crippen LogP contribution in [-0.4, -0.2) is 67.9 Å². The van der Waals surface area contributed by atoms with E-state index in [0.717, 1.165) is 0 Å². The SMILES string of the molecule is CC1(C)C[C@H](O)C[C@@H]2[C@@H](O)[C@H](O)[C@@H](O)CN21. The predicted octanol–water partition coefficient (Wildman–Crippen LogP) is -1.31. The molecule has 0 aromatic rings. The van der Waals surface area contributed by atoms with Gasteiger partial charge < -0.3 is 20.4 Å². The summed E-state index contributed by atoms with van der Waals surface area (Å²) in [6, 6.07) is -0.267. The van der Waals surface area contributed by atoms with Crippen LogP contribution in [0, 0.1) is 0 Å². The average Bonchev–Trinajstić information content (AvgIpc) is 2.16. The predicted molar refractivity (Wildman–Crippen MR) is 57.8 cm³/mol. The van der Waals surface area contributed by atoms with Crippen LogP contribution in [0.2, 0.25) is 0 Å². The Balaban J connectivity index is 2.24. The fourth-order valence-electron chi connectivity index (χ4n) is 3.10. The summed E-state index contributed by atoms with van der Waals surface area (Å²) in [5, 5.41) is 39.0. The van der Waals surface area contributed by atoms with Gasteiger partial charge in [-0.1, -0.05) is 0 Å². The molecular formula is C11H21NO4. The van der Waals surface area contributed by atoms with E-state index >= 15 is 0 Å². The lowest BCUT2D eigenvalue weighted by Crippen LogP contribution is -2.69. The third-order valence-corrected chi connectivity index (χ3v) is 3.95. The normalized spacial score (nSPS) is 48.8. The number of hydrogen-bond donors (Lipinski definition) is 4. The van der Waals surface area contributed by atoms with E-state index in [-0.39, 0.29) is 11.6 Å². The first-order chi connectivity index (χ1) is 7.33. The Bertz CT molecular complexity index is 271. The van der Waals surface area contributed by atoms with Crippen molar-refractivity contribution in [1.29, 1.82) is 0 Å². The monoisotopic (exact) mass is 231 g/mol. The van der Waals surface area contributed by atoms with Crippen LogP contribution in [0.4, 0.5) is 0 Å². The van der Waals surface area contributed by atoms with Gasteiger partial charge in [0.15, 0.2) is 0 Å². The van der Waals surface area contributed by atoms with Gasteiger partial charge >= 0.3 is 0 Å². The summed E-state index contributed by atoms with van der Waals surface area (Å²) < 4.78 is 0. The Morgan fingerprint density at radius 2 is 1.69 bits per heavy atom. The minimum absolute atomic E-state index is 0.259. The average molecular weight is 231 g/mol. The van der Waals surface area contributed by atoms with Crippen molar-refractivity contribution in [2.75, 3.05) is 6.54 Å². The van der Waals surface area contributed by atoms with Crippen molar-refractivity contribution < 1.29 is 20.4 Å². The molecule has 0 radical (unpaired) electrons. The summed E-state index contributed by atoms with van der Waals surface area (Å²) in [6.45, 7) is 4.32. The van der Waals surface area contributed by atoms with Gasteiger partial charge in [0.05, 0.1) is 18.3 Å². The van der Waals surface area contributed by atoms with Crippen molar-refractivity contribution in [2.24, 2.45) is 0 Å². The van der Waals surface area contributed by atoms with Gasteiger partial charge in [-0.2, -0.15) is 0 Å². The molecule has 0 aliphatic carbocycles. The van der Waals surface area contributed by atoms with Gasteiger partial charge in [0.1, 0.15) is 6.10 Å². The van der Waals surface area contributed by atoms with Crippen molar-refractivity contribution in [1.82, 2.24) is 4.90 Å². The molecule has 5 atom stereocenters. The van der Waals surface area contributed by atoms with Gasteiger partial charge in [0.25, 0.3) is 0 Å². The van der Waals surface area contributed by atoms with Gasteiger partial charge in [0.2, 0.25) is 0 Å². The number of aliphatic hydroxyl groups is 4. The highest BCUT2D eigenvalue weighted by Gasteiger charge is 2.50. The van der Waals surface area contributed by atoms with E-state index in [1.54, 1.807) is 0 Å². The molecule has 0 bridgehead atoms. The molecule has 2 fully saturated rings. The Kier molecular flexibility index (Phi) is 3.01. The Morgan fingerprint density at radius 3 is 2.31 bits per heavy atom. The standard InChI is InChI=1S/C11H21NO4/c1-11(2)4-6(13)3-7-9(15)10(16)8(14)5-12(7)11/h6-10,13-16H,3-5H2,1-2H3/t6-,7-,8+,9-,10-/m1/s1. The smallest absolute Gasteiger partial charge is 0.108 e. The number of nitrogens with zero attached hydrogens (tertiary/aromatic N) is 1. The van der Waals surface area contributed by atoms with E-state index in [9.17, 15) is 20.4 Å². The maximum absolute atomic E-state index is 9.93. The summed E-state index contributed by atoms with van der Waals surface area (Å²) in [7, 11) is 0. The van der Waals surface area contributed by atoms with Crippen LogP contribution < -0.4 is 0 Å². The maximum atomic E-state index is 9.93. The zero-order valence-electron chi connectivity index (χ0n) is 9.74. The molecule has 2 rings (SSSR count). The molecule has 94 valence electrons. The first-order valence-electron chi connectivity index (χ1n) is 5.82. The number of β-amino-alcohol motifs (C(OH)–C–C–N with tert-alkyl or cyclic N) is 1. The minimum atomic E-state index is -1.11. The number of rotatable bonds is 0. The number of piperidine rings is 2. The maximum Gasteiger partial charge on any atom is 0.108 e. The summed E-state index contributed by atoms with van der Waals surface area (Å²) in [5.41, 5.74) is -0.259. The fourth-order valence-corrected chi connectivity index (χ4v) is 3.10. The van der Waals surface area contributed by atoms with Crippen molar-refractivity contribution in [2.45, 2.75) is 62.7 Å². The van der Waals surface area contributed by atoms with Gasteiger partial charge in [-0.3, -0.25) is 4.90 Å². The zero-order chi connectivity index (χ0) is 12.1. The molecule has 0 aromatic carbocycles. The highest BCUT2D eigenvalue weighted by molar-refractivity contribution is 5.04. The highest BCUT2D eigenvalue weighted by atomic mass is 16.4. The van der Waals surface area contributed by atoms with Gasteiger partial charge in [0, 0.05) is 18.1 Å². The number of fused-ring (bicyclic) bond motifs is 1. The molecule has 16 heavy (non-hydrogen) atoms.